The van der Waals surface area contributed by atoms with E-state index >= 15 is 0 Å². The lowest BCUT2D eigenvalue weighted by molar-refractivity contribution is 0.00637. The van der Waals surface area contributed by atoms with Gasteiger partial charge < -0.3 is 14.6 Å². The van der Waals surface area contributed by atoms with E-state index in [0.29, 0.717) is 4.47 Å². The maximum Gasteiger partial charge on any atom is 0.346 e. The van der Waals surface area contributed by atoms with Gasteiger partial charge in [0.2, 0.25) is 6.93 Å². The molecule has 0 aliphatic heterocycles. The molecule has 0 saturated carbocycles. The normalized spacial score (nSPS) is 10.3. The Morgan fingerprint density at radius 1 is 1.35 bits per heavy atom. The van der Waals surface area contributed by atoms with Gasteiger partial charge >= 0.3 is 5.97 Å². The van der Waals surface area contributed by atoms with E-state index < -0.39 is 18.5 Å². The highest BCUT2D eigenvalue weighted by Gasteiger charge is 2.24. The van der Waals surface area contributed by atoms with Crippen LogP contribution in [0.2, 0.25) is 0 Å². The number of aromatic hydroxyl groups is 1. The average molecular weight is 355 g/mol. The van der Waals surface area contributed by atoms with E-state index in [9.17, 15) is 18.7 Å². The zero-order valence-electron chi connectivity index (χ0n) is 11.7. The lowest BCUT2D eigenvalue weighted by atomic mass is 10.1. The van der Waals surface area contributed by atoms with Gasteiger partial charge in [-0.25, -0.2) is 13.6 Å². The quantitative estimate of drug-likeness (QED) is 0.815. The van der Waals surface area contributed by atoms with Crippen LogP contribution in [0.15, 0.2) is 16.6 Å². The molecule has 0 aliphatic rings. The van der Waals surface area contributed by atoms with Crippen LogP contribution in [0.1, 0.15) is 31.1 Å². The number of benzene rings is 1. The fraction of sp³-hybridized carbons (Fsp3) is 0.462. The maximum absolute atomic E-state index is 11.9. The van der Waals surface area contributed by atoms with Crippen LogP contribution in [0.4, 0.5) is 8.78 Å². The van der Waals surface area contributed by atoms with Gasteiger partial charge in [0.25, 0.3) is 0 Å². The summed E-state index contributed by atoms with van der Waals surface area (Å²) in [5.74, 6) is -0.518. The number of hydrogen-bond acceptors (Lipinski definition) is 4. The Morgan fingerprint density at radius 2 is 1.85 bits per heavy atom. The molecule has 1 aromatic carbocycles. The molecule has 0 radical (unpaired) electrons. The van der Waals surface area contributed by atoms with Crippen molar-refractivity contribution in [3.63, 3.8) is 0 Å². The Kier molecular flexibility index (Phi) is 7.49. The first kappa shape index (κ1) is 18.6. The monoisotopic (exact) mass is 354 g/mol. The fourth-order valence-electron chi connectivity index (χ4n) is 1.26. The molecule has 114 valence electrons. The van der Waals surface area contributed by atoms with E-state index in [1.165, 1.54) is 13.2 Å². The molecular weight excluding hydrogens is 338 g/mol. The summed E-state index contributed by atoms with van der Waals surface area (Å²) in [6.45, 7) is 3.52. The van der Waals surface area contributed by atoms with E-state index in [4.69, 9.17) is 9.47 Å². The third kappa shape index (κ3) is 6.18. The summed E-state index contributed by atoms with van der Waals surface area (Å²) < 4.78 is 30.1. The first-order chi connectivity index (χ1) is 9.16. The summed E-state index contributed by atoms with van der Waals surface area (Å²) in [4.78, 5) is 11.9. The lowest BCUT2D eigenvalue weighted by Gasteiger charge is -2.20. The molecule has 0 heterocycles. The summed E-state index contributed by atoms with van der Waals surface area (Å²) >= 11 is 3.21. The molecule has 0 atom stereocenters. The maximum atomic E-state index is 11.9. The second-order valence-electron chi connectivity index (χ2n) is 4.61. The predicted molar refractivity (Wildman–Crippen MR) is 74.6 cm³/mol. The van der Waals surface area contributed by atoms with Crippen molar-refractivity contribution in [3.05, 3.63) is 22.2 Å². The van der Waals surface area contributed by atoms with Gasteiger partial charge in [0.1, 0.15) is 22.7 Å². The topological polar surface area (TPSA) is 55.8 Å². The molecule has 0 amide bonds. The van der Waals surface area contributed by atoms with Crippen molar-refractivity contribution in [2.24, 2.45) is 0 Å². The Hall–Kier alpha value is -1.37. The van der Waals surface area contributed by atoms with Gasteiger partial charge in [0.05, 0.1) is 7.11 Å². The number of hydrogen-bond donors (Lipinski definition) is 1. The molecule has 1 aromatic rings. The molecule has 0 aliphatic carbocycles. The van der Waals surface area contributed by atoms with E-state index in [0.717, 1.165) is 0 Å². The highest BCUT2D eigenvalue weighted by Crippen LogP contribution is 2.33. The molecule has 4 nitrogen and oxygen atoms in total. The van der Waals surface area contributed by atoms with Gasteiger partial charge in [-0.05, 0) is 32.9 Å². The number of phenols is 1. The smallest absolute Gasteiger partial charge is 0.346 e. The number of esters is 1. The molecule has 0 unspecified atom stereocenters. The molecule has 0 fully saturated rings. The molecule has 0 aromatic heterocycles. The van der Waals surface area contributed by atoms with Crippen LogP contribution < -0.4 is 4.74 Å². The summed E-state index contributed by atoms with van der Waals surface area (Å²) in [5.41, 5.74) is -0.590. The van der Waals surface area contributed by atoms with Gasteiger partial charge in [-0.2, -0.15) is 0 Å². The van der Waals surface area contributed by atoms with Crippen molar-refractivity contribution in [2.75, 3.05) is 14.0 Å². The molecule has 7 heteroatoms. The van der Waals surface area contributed by atoms with Crippen LogP contribution in [-0.2, 0) is 4.74 Å². The van der Waals surface area contributed by atoms with E-state index in [-0.39, 0.29) is 17.1 Å². The van der Waals surface area contributed by atoms with Crippen molar-refractivity contribution < 1.29 is 28.2 Å². The summed E-state index contributed by atoms with van der Waals surface area (Å²) in [7, 11) is 1.43. The zero-order valence-corrected chi connectivity index (χ0v) is 13.3. The van der Waals surface area contributed by atoms with Crippen LogP contribution in [0, 0.1) is 0 Å². The minimum Gasteiger partial charge on any atom is -0.507 e. The van der Waals surface area contributed by atoms with Crippen LogP contribution in [-0.4, -0.2) is 30.7 Å². The Balaban J connectivity index is 0.00000110. The largest absolute Gasteiger partial charge is 0.507 e. The van der Waals surface area contributed by atoms with Gasteiger partial charge in [-0.3, -0.25) is 0 Å². The van der Waals surface area contributed by atoms with Gasteiger partial charge in [-0.1, -0.05) is 15.9 Å². The number of carbonyl (C=O) groups is 1. The molecule has 0 saturated heterocycles. The number of phenolic OH excluding ortho intramolecular Hbond substituents is 1. The van der Waals surface area contributed by atoms with Crippen LogP contribution in [0.3, 0.4) is 0 Å². The van der Waals surface area contributed by atoms with E-state index in [1.54, 1.807) is 26.8 Å². The minimum absolute atomic E-state index is 0.0330. The van der Waals surface area contributed by atoms with Crippen molar-refractivity contribution >= 4 is 21.9 Å². The second-order valence-corrected chi connectivity index (χ2v) is 5.52. The molecule has 0 bridgehead atoms. The van der Waals surface area contributed by atoms with Crippen LogP contribution in [0.5, 0.6) is 11.5 Å². The van der Waals surface area contributed by atoms with Crippen molar-refractivity contribution in [1.29, 1.82) is 0 Å². The highest BCUT2D eigenvalue weighted by molar-refractivity contribution is 9.10. The summed E-state index contributed by atoms with van der Waals surface area (Å²) in [6.07, 6.45) is 0. The summed E-state index contributed by atoms with van der Waals surface area (Å²) in [5, 5.41) is 9.76. The van der Waals surface area contributed by atoms with E-state index in [1.807, 2.05) is 0 Å². The van der Waals surface area contributed by atoms with Crippen LogP contribution >= 0.6 is 15.9 Å². The SMILES string of the molecule is COc1cc(Br)cc(O)c1C(=O)OC(C)(C)C.FCF. The number of carbonyl (C=O) groups excluding carboxylic acids is 1. The molecule has 1 N–H and O–H groups in total. The third-order valence-electron chi connectivity index (χ3n) is 1.87. The standard InChI is InChI=1S/C12H15BrO4.CH2F2/c1-12(2,3)17-11(15)10-8(14)5-7(13)6-9(10)16-4;2-1-3/h5-6,14H,1-4H3;1H2. The average Bonchev–Trinajstić information content (AvgIpc) is 2.25. The van der Waals surface area contributed by atoms with Crippen molar-refractivity contribution in [3.8, 4) is 11.5 Å². The number of alkyl halides is 2. The van der Waals surface area contributed by atoms with Gasteiger partial charge in [0.15, 0.2) is 0 Å². The number of rotatable bonds is 2. The highest BCUT2D eigenvalue weighted by atomic mass is 79.9. The van der Waals surface area contributed by atoms with Crippen molar-refractivity contribution in [2.45, 2.75) is 26.4 Å². The second kappa shape index (κ2) is 8.04. The minimum atomic E-state index is -1.75. The predicted octanol–water partition coefficient (Wildman–Crippen LogP) is 4.00. The van der Waals surface area contributed by atoms with Gasteiger partial charge in [-0.15, -0.1) is 0 Å². The Morgan fingerprint density at radius 3 is 2.25 bits per heavy atom. The number of methoxy groups -OCH3 is 1. The van der Waals surface area contributed by atoms with Crippen LogP contribution in [0.25, 0.3) is 0 Å². The van der Waals surface area contributed by atoms with E-state index in [2.05, 4.69) is 15.9 Å². The zero-order chi connectivity index (χ0) is 15.9. The van der Waals surface area contributed by atoms with Gasteiger partial charge in [0, 0.05) is 4.47 Å². The first-order valence-corrected chi connectivity index (χ1v) is 6.37. The van der Waals surface area contributed by atoms with Crippen molar-refractivity contribution in [1.82, 2.24) is 0 Å². The first-order valence-electron chi connectivity index (χ1n) is 5.58. The number of halogens is 3. The Bertz CT molecular complexity index is 458. The fourth-order valence-corrected chi connectivity index (χ4v) is 1.69. The Labute approximate surface area is 124 Å². The molecular formula is C13H17BrF2O4. The number of ether oxygens (including phenoxy) is 2. The third-order valence-corrected chi connectivity index (χ3v) is 2.33. The molecule has 1 rings (SSSR count). The summed E-state index contributed by atoms with van der Waals surface area (Å²) in [6, 6.07) is 3.01. The molecule has 0 spiro atoms. The lowest BCUT2D eigenvalue weighted by Crippen LogP contribution is -2.24. The molecule has 20 heavy (non-hydrogen) atoms.